The monoisotopic (exact) mass is 279 g/mol. The summed E-state index contributed by atoms with van der Waals surface area (Å²) in [5.41, 5.74) is 1.17. The van der Waals surface area contributed by atoms with Gasteiger partial charge in [-0.25, -0.2) is 0 Å². The zero-order valence-electron chi connectivity index (χ0n) is 10.7. The van der Waals surface area contributed by atoms with E-state index in [9.17, 15) is 9.59 Å². The molecule has 0 radical (unpaired) electrons. The highest BCUT2D eigenvalue weighted by molar-refractivity contribution is 7.12. The number of aliphatic carboxylic acids is 1. The van der Waals surface area contributed by atoms with Crippen molar-refractivity contribution in [2.75, 3.05) is 13.1 Å². The Morgan fingerprint density at radius 3 is 2.79 bits per heavy atom. The quantitative estimate of drug-likeness (QED) is 0.925. The molecule has 0 spiro atoms. The normalized spacial score (nSPS) is 23.4. The Balaban J connectivity index is 1.75. The van der Waals surface area contributed by atoms with Gasteiger partial charge in [-0.3, -0.25) is 9.59 Å². The first kappa shape index (κ1) is 12.7. The van der Waals surface area contributed by atoms with Crippen LogP contribution in [0.25, 0.3) is 0 Å². The van der Waals surface area contributed by atoms with Crippen molar-refractivity contribution >= 4 is 23.2 Å². The van der Waals surface area contributed by atoms with Crippen molar-refractivity contribution in [3.05, 3.63) is 21.9 Å². The maximum atomic E-state index is 12.5. The van der Waals surface area contributed by atoms with E-state index in [2.05, 4.69) is 0 Å². The molecule has 0 unspecified atom stereocenters. The SMILES string of the molecule is O=C(O)[C@H]1CCCN(C(=O)c2sccc2C2CC2)C1. The van der Waals surface area contributed by atoms with E-state index in [1.807, 2.05) is 11.4 Å². The second kappa shape index (κ2) is 4.96. The third-order valence-corrected chi connectivity index (χ3v) is 4.88. The Bertz CT molecular complexity index is 507. The molecule has 1 aromatic heterocycles. The van der Waals surface area contributed by atoms with Gasteiger partial charge >= 0.3 is 5.97 Å². The molecule has 1 saturated carbocycles. The van der Waals surface area contributed by atoms with E-state index in [1.54, 1.807) is 4.90 Å². The summed E-state index contributed by atoms with van der Waals surface area (Å²) in [6.45, 7) is 1.04. The summed E-state index contributed by atoms with van der Waals surface area (Å²) in [6.07, 6.45) is 3.81. The van der Waals surface area contributed by atoms with Gasteiger partial charge in [-0.1, -0.05) is 0 Å². The molecule has 102 valence electrons. The Morgan fingerprint density at radius 1 is 1.32 bits per heavy atom. The van der Waals surface area contributed by atoms with Crippen molar-refractivity contribution in [1.82, 2.24) is 4.90 Å². The summed E-state index contributed by atoms with van der Waals surface area (Å²) in [5.74, 6) is -0.596. The van der Waals surface area contributed by atoms with Crippen molar-refractivity contribution in [2.24, 2.45) is 5.92 Å². The van der Waals surface area contributed by atoms with Crippen LogP contribution in [0, 0.1) is 5.92 Å². The summed E-state index contributed by atoms with van der Waals surface area (Å²) < 4.78 is 0. The van der Waals surface area contributed by atoms with Gasteiger partial charge in [-0.2, -0.15) is 0 Å². The van der Waals surface area contributed by atoms with Crippen molar-refractivity contribution in [2.45, 2.75) is 31.6 Å². The van der Waals surface area contributed by atoms with Crippen molar-refractivity contribution in [3.8, 4) is 0 Å². The topological polar surface area (TPSA) is 57.6 Å². The number of amides is 1. The van der Waals surface area contributed by atoms with E-state index >= 15 is 0 Å². The zero-order chi connectivity index (χ0) is 13.4. The Kier molecular flexibility index (Phi) is 3.31. The predicted molar refractivity (Wildman–Crippen MR) is 72.6 cm³/mol. The number of hydrogen-bond acceptors (Lipinski definition) is 3. The van der Waals surface area contributed by atoms with Crippen LogP contribution in [-0.2, 0) is 4.79 Å². The number of carboxylic acids is 1. The zero-order valence-corrected chi connectivity index (χ0v) is 11.5. The van der Waals surface area contributed by atoms with Gasteiger partial charge in [0.15, 0.2) is 0 Å². The van der Waals surface area contributed by atoms with Crippen molar-refractivity contribution in [3.63, 3.8) is 0 Å². The molecule has 1 aliphatic carbocycles. The standard InChI is InChI=1S/C14H17NO3S/c16-13(12-11(5-7-19-12)9-3-4-9)15-6-1-2-10(8-15)14(17)18/h5,7,9-10H,1-4,6,8H2,(H,17,18)/t10-/m0/s1. The van der Waals surface area contributed by atoms with Crippen LogP contribution in [0.4, 0.5) is 0 Å². The van der Waals surface area contributed by atoms with Crippen LogP contribution >= 0.6 is 11.3 Å². The smallest absolute Gasteiger partial charge is 0.308 e. The fourth-order valence-electron chi connectivity index (χ4n) is 2.72. The maximum absolute atomic E-state index is 12.5. The van der Waals surface area contributed by atoms with Gasteiger partial charge in [0.25, 0.3) is 5.91 Å². The van der Waals surface area contributed by atoms with E-state index in [0.717, 1.165) is 11.3 Å². The molecule has 19 heavy (non-hydrogen) atoms. The lowest BCUT2D eigenvalue weighted by molar-refractivity contribution is -0.143. The van der Waals surface area contributed by atoms with E-state index < -0.39 is 11.9 Å². The highest BCUT2D eigenvalue weighted by atomic mass is 32.1. The number of piperidine rings is 1. The second-order valence-corrected chi connectivity index (χ2v) is 6.32. The molecule has 3 rings (SSSR count). The Hall–Kier alpha value is -1.36. The molecule has 0 bridgehead atoms. The van der Waals surface area contributed by atoms with Crippen LogP contribution < -0.4 is 0 Å². The van der Waals surface area contributed by atoms with Crippen molar-refractivity contribution in [1.29, 1.82) is 0 Å². The third-order valence-electron chi connectivity index (χ3n) is 3.96. The number of carbonyl (C=O) groups is 2. The minimum atomic E-state index is -0.786. The molecular weight excluding hydrogens is 262 g/mol. The molecule has 1 saturated heterocycles. The maximum Gasteiger partial charge on any atom is 0.308 e. The fourth-order valence-corrected chi connectivity index (χ4v) is 3.67. The number of likely N-dealkylation sites (tertiary alicyclic amines) is 1. The second-order valence-electron chi connectivity index (χ2n) is 5.41. The van der Waals surface area contributed by atoms with Crippen LogP contribution in [0.2, 0.25) is 0 Å². The van der Waals surface area contributed by atoms with Crippen LogP contribution in [-0.4, -0.2) is 35.0 Å². The first-order valence-electron chi connectivity index (χ1n) is 6.76. The van der Waals surface area contributed by atoms with E-state index in [-0.39, 0.29) is 5.91 Å². The average molecular weight is 279 g/mol. The van der Waals surface area contributed by atoms with Gasteiger partial charge in [0.1, 0.15) is 0 Å². The summed E-state index contributed by atoms with van der Waals surface area (Å²) in [7, 11) is 0. The predicted octanol–water partition coefficient (Wildman–Crippen LogP) is 2.56. The summed E-state index contributed by atoms with van der Waals surface area (Å²) in [4.78, 5) is 26.1. The lowest BCUT2D eigenvalue weighted by Crippen LogP contribution is -2.42. The average Bonchev–Trinajstić information content (AvgIpc) is 3.15. The molecule has 4 nitrogen and oxygen atoms in total. The summed E-state index contributed by atoms with van der Waals surface area (Å²) in [6, 6.07) is 2.05. The number of thiophene rings is 1. The number of nitrogens with zero attached hydrogens (tertiary/aromatic N) is 1. The first-order valence-corrected chi connectivity index (χ1v) is 7.64. The van der Waals surface area contributed by atoms with Crippen molar-refractivity contribution < 1.29 is 14.7 Å². The Morgan fingerprint density at radius 2 is 2.11 bits per heavy atom. The van der Waals surface area contributed by atoms with E-state index in [4.69, 9.17) is 5.11 Å². The largest absolute Gasteiger partial charge is 0.481 e. The molecule has 1 N–H and O–H groups in total. The van der Waals surface area contributed by atoms with Gasteiger partial charge in [-0.05, 0) is 48.6 Å². The lowest BCUT2D eigenvalue weighted by Gasteiger charge is -2.30. The molecule has 2 aliphatic rings. The molecule has 2 fully saturated rings. The molecule has 2 heterocycles. The lowest BCUT2D eigenvalue weighted by atomic mass is 9.98. The van der Waals surface area contributed by atoms with Crippen LogP contribution in [0.5, 0.6) is 0 Å². The number of carboxylic acid groups (broad SMARTS) is 1. The van der Waals surface area contributed by atoms with Crippen LogP contribution in [0.15, 0.2) is 11.4 Å². The molecule has 1 aliphatic heterocycles. The minimum absolute atomic E-state index is 0.0304. The molecule has 0 aromatic carbocycles. The number of rotatable bonds is 3. The minimum Gasteiger partial charge on any atom is -0.481 e. The molecule has 1 atom stereocenters. The molecule has 1 amide bonds. The highest BCUT2D eigenvalue weighted by Gasteiger charge is 2.33. The van der Waals surface area contributed by atoms with E-state index in [1.165, 1.54) is 29.7 Å². The van der Waals surface area contributed by atoms with Gasteiger partial charge in [0, 0.05) is 13.1 Å². The van der Waals surface area contributed by atoms with Gasteiger partial charge in [0.2, 0.25) is 0 Å². The highest BCUT2D eigenvalue weighted by Crippen LogP contribution is 2.43. The summed E-state index contributed by atoms with van der Waals surface area (Å²) in [5, 5.41) is 11.1. The third kappa shape index (κ3) is 2.52. The number of hydrogen-bond donors (Lipinski definition) is 1. The van der Waals surface area contributed by atoms with Crippen LogP contribution in [0.1, 0.15) is 46.8 Å². The molecular formula is C14H17NO3S. The molecule has 5 heteroatoms. The van der Waals surface area contributed by atoms with E-state index in [0.29, 0.717) is 25.4 Å². The van der Waals surface area contributed by atoms with Gasteiger partial charge < -0.3 is 10.0 Å². The van der Waals surface area contributed by atoms with Gasteiger partial charge in [0.05, 0.1) is 10.8 Å². The summed E-state index contributed by atoms with van der Waals surface area (Å²) >= 11 is 1.49. The Labute approximate surface area is 116 Å². The fraction of sp³-hybridized carbons (Fsp3) is 0.571. The number of carbonyl (C=O) groups excluding carboxylic acids is 1. The molecule has 1 aromatic rings. The van der Waals surface area contributed by atoms with Gasteiger partial charge in [-0.15, -0.1) is 11.3 Å². The van der Waals surface area contributed by atoms with Crippen LogP contribution in [0.3, 0.4) is 0 Å². The first-order chi connectivity index (χ1) is 9.16.